The number of rotatable bonds is 3. The van der Waals surface area contributed by atoms with Crippen molar-refractivity contribution in [3.8, 4) is 0 Å². The summed E-state index contributed by atoms with van der Waals surface area (Å²) in [4.78, 5) is 16.7. The van der Waals surface area contributed by atoms with Crippen LogP contribution in [-0.2, 0) is 5.41 Å². The lowest BCUT2D eigenvalue weighted by atomic mass is 9.86. The number of aliphatic hydroxyl groups is 1. The van der Waals surface area contributed by atoms with Gasteiger partial charge in [0.05, 0.1) is 5.60 Å². The van der Waals surface area contributed by atoms with Crippen molar-refractivity contribution in [2.45, 2.75) is 51.0 Å². The molecular formula is C20H32N2O2. The highest BCUT2D eigenvalue weighted by Gasteiger charge is 2.32. The van der Waals surface area contributed by atoms with Gasteiger partial charge in [-0.1, -0.05) is 32.9 Å². The predicted molar refractivity (Wildman–Crippen MR) is 98.4 cm³/mol. The smallest absolute Gasteiger partial charge is 0.253 e. The number of nitrogens with zero attached hydrogens (tertiary/aromatic N) is 2. The van der Waals surface area contributed by atoms with Crippen LogP contribution in [0.15, 0.2) is 24.3 Å². The normalized spacial score (nSPS) is 22.5. The fourth-order valence-electron chi connectivity index (χ4n) is 3.42. The van der Waals surface area contributed by atoms with Gasteiger partial charge in [0.15, 0.2) is 0 Å². The third-order valence-corrected chi connectivity index (χ3v) is 4.81. The molecule has 2 rings (SSSR count). The highest BCUT2D eigenvalue weighted by atomic mass is 16.3. The van der Waals surface area contributed by atoms with Gasteiger partial charge in [0.1, 0.15) is 0 Å². The molecule has 0 bridgehead atoms. The maximum Gasteiger partial charge on any atom is 0.253 e. The minimum absolute atomic E-state index is 0.0737. The lowest BCUT2D eigenvalue weighted by Crippen LogP contribution is -2.41. The maximum atomic E-state index is 12.8. The van der Waals surface area contributed by atoms with E-state index < -0.39 is 5.60 Å². The first-order valence-electron chi connectivity index (χ1n) is 8.88. The standard InChI is InChI=1S/C20H32N2O2/c1-19(2,3)17-9-7-16(8-10-17)18(23)22-13-6-11-20(24,12-14-22)15-21(4)5/h7-10,24H,6,11-15H2,1-5H3. The van der Waals surface area contributed by atoms with E-state index in [0.29, 0.717) is 19.5 Å². The Balaban J connectivity index is 2.05. The van der Waals surface area contributed by atoms with Gasteiger partial charge in [0, 0.05) is 25.2 Å². The van der Waals surface area contributed by atoms with Gasteiger partial charge in [0.25, 0.3) is 5.91 Å². The molecule has 0 radical (unpaired) electrons. The quantitative estimate of drug-likeness (QED) is 0.925. The molecule has 1 N–H and O–H groups in total. The number of amides is 1. The minimum Gasteiger partial charge on any atom is -0.388 e. The van der Waals surface area contributed by atoms with E-state index in [4.69, 9.17) is 0 Å². The van der Waals surface area contributed by atoms with Crippen molar-refractivity contribution < 1.29 is 9.90 Å². The number of likely N-dealkylation sites (tertiary alicyclic amines) is 1. The van der Waals surface area contributed by atoms with Crippen LogP contribution in [0.5, 0.6) is 0 Å². The summed E-state index contributed by atoms with van der Waals surface area (Å²) < 4.78 is 0. The predicted octanol–water partition coefficient (Wildman–Crippen LogP) is 2.90. The molecule has 1 fully saturated rings. The zero-order valence-electron chi connectivity index (χ0n) is 15.8. The Morgan fingerprint density at radius 3 is 2.33 bits per heavy atom. The second-order valence-electron chi connectivity index (χ2n) is 8.44. The van der Waals surface area contributed by atoms with Gasteiger partial charge >= 0.3 is 0 Å². The van der Waals surface area contributed by atoms with E-state index in [1.165, 1.54) is 5.56 Å². The third kappa shape index (κ3) is 4.81. The number of carbonyl (C=O) groups excluding carboxylic acids is 1. The summed E-state index contributed by atoms with van der Waals surface area (Å²) >= 11 is 0. The molecule has 1 aliphatic heterocycles. The van der Waals surface area contributed by atoms with E-state index in [1.807, 2.05) is 48.2 Å². The fourth-order valence-corrected chi connectivity index (χ4v) is 3.42. The van der Waals surface area contributed by atoms with Crippen LogP contribution < -0.4 is 0 Å². The molecule has 1 amide bonds. The Kier molecular flexibility index (Phi) is 5.71. The molecule has 0 saturated carbocycles. The van der Waals surface area contributed by atoms with Crippen molar-refractivity contribution in [1.29, 1.82) is 0 Å². The molecule has 1 aromatic rings. The van der Waals surface area contributed by atoms with Crippen molar-refractivity contribution in [1.82, 2.24) is 9.80 Å². The van der Waals surface area contributed by atoms with Crippen molar-refractivity contribution in [3.05, 3.63) is 35.4 Å². The van der Waals surface area contributed by atoms with Crippen molar-refractivity contribution in [2.24, 2.45) is 0 Å². The maximum absolute atomic E-state index is 12.8. The van der Waals surface area contributed by atoms with Crippen molar-refractivity contribution in [2.75, 3.05) is 33.7 Å². The molecule has 0 aromatic heterocycles. The summed E-state index contributed by atoms with van der Waals surface area (Å²) in [5.41, 5.74) is 1.37. The second kappa shape index (κ2) is 7.24. The van der Waals surface area contributed by atoms with Crippen LogP contribution >= 0.6 is 0 Å². The first-order valence-corrected chi connectivity index (χ1v) is 8.88. The Morgan fingerprint density at radius 2 is 1.79 bits per heavy atom. The Labute approximate surface area is 146 Å². The van der Waals surface area contributed by atoms with E-state index in [9.17, 15) is 9.90 Å². The van der Waals surface area contributed by atoms with Crippen molar-refractivity contribution >= 4 is 5.91 Å². The first kappa shape index (κ1) is 18.9. The number of benzene rings is 1. The van der Waals surface area contributed by atoms with Crippen LogP contribution in [0.4, 0.5) is 0 Å². The Hall–Kier alpha value is -1.39. The fraction of sp³-hybridized carbons (Fsp3) is 0.650. The van der Waals surface area contributed by atoms with E-state index in [0.717, 1.165) is 24.9 Å². The largest absolute Gasteiger partial charge is 0.388 e. The van der Waals surface area contributed by atoms with Crippen molar-refractivity contribution in [3.63, 3.8) is 0 Å². The molecule has 1 aromatic carbocycles. The zero-order chi connectivity index (χ0) is 18.0. The van der Waals surface area contributed by atoms with Gasteiger partial charge in [-0.3, -0.25) is 4.79 Å². The van der Waals surface area contributed by atoms with Crippen LogP contribution in [0.1, 0.15) is 56.0 Å². The molecular weight excluding hydrogens is 300 g/mol. The van der Waals surface area contributed by atoms with Crippen LogP contribution in [0.25, 0.3) is 0 Å². The molecule has 1 atom stereocenters. The van der Waals surface area contributed by atoms with E-state index >= 15 is 0 Å². The summed E-state index contributed by atoms with van der Waals surface area (Å²) in [7, 11) is 3.95. The van der Waals surface area contributed by atoms with Crippen LogP contribution in [-0.4, -0.2) is 60.1 Å². The summed E-state index contributed by atoms with van der Waals surface area (Å²) in [5, 5.41) is 10.7. The van der Waals surface area contributed by atoms with E-state index in [2.05, 4.69) is 20.8 Å². The molecule has 1 aliphatic rings. The van der Waals surface area contributed by atoms with Gasteiger partial charge in [-0.15, -0.1) is 0 Å². The highest BCUT2D eigenvalue weighted by Crippen LogP contribution is 2.25. The lowest BCUT2D eigenvalue weighted by Gasteiger charge is -2.30. The number of likely N-dealkylation sites (N-methyl/N-ethyl adjacent to an activating group) is 1. The Morgan fingerprint density at radius 1 is 1.17 bits per heavy atom. The van der Waals surface area contributed by atoms with E-state index in [-0.39, 0.29) is 11.3 Å². The van der Waals surface area contributed by atoms with Gasteiger partial charge in [0.2, 0.25) is 0 Å². The molecule has 1 saturated heterocycles. The first-order chi connectivity index (χ1) is 11.1. The van der Waals surface area contributed by atoms with Crippen LogP contribution in [0.3, 0.4) is 0 Å². The highest BCUT2D eigenvalue weighted by molar-refractivity contribution is 5.94. The van der Waals surface area contributed by atoms with Gasteiger partial charge in [-0.2, -0.15) is 0 Å². The second-order valence-corrected chi connectivity index (χ2v) is 8.44. The molecule has 1 unspecified atom stereocenters. The Bertz CT molecular complexity index is 560. The molecule has 1 heterocycles. The van der Waals surface area contributed by atoms with Crippen LogP contribution in [0, 0.1) is 0 Å². The summed E-state index contributed by atoms with van der Waals surface area (Å²) in [6.07, 6.45) is 2.23. The molecule has 4 nitrogen and oxygen atoms in total. The van der Waals surface area contributed by atoms with Gasteiger partial charge in [-0.25, -0.2) is 0 Å². The SMILES string of the molecule is CN(C)CC1(O)CCCN(C(=O)c2ccc(C(C)(C)C)cc2)CC1. The summed E-state index contributed by atoms with van der Waals surface area (Å²) in [6, 6.07) is 7.96. The zero-order valence-corrected chi connectivity index (χ0v) is 15.8. The van der Waals surface area contributed by atoms with Gasteiger partial charge in [-0.05, 0) is 56.5 Å². The summed E-state index contributed by atoms with van der Waals surface area (Å²) in [6.45, 7) is 8.49. The molecule has 4 heteroatoms. The van der Waals surface area contributed by atoms with Gasteiger partial charge < -0.3 is 14.9 Å². The summed E-state index contributed by atoms with van der Waals surface area (Å²) in [5.74, 6) is 0.0737. The number of hydrogen-bond acceptors (Lipinski definition) is 3. The molecule has 24 heavy (non-hydrogen) atoms. The third-order valence-electron chi connectivity index (χ3n) is 4.81. The number of hydrogen-bond donors (Lipinski definition) is 1. The monoisotopic (exact) mass is 332 g/mol. The number of carbonyl (C=O) groups is 1. The lowest BCUT2D eigenvalue weighted by molar-refractivity contribution is 0.00305. The molecule has 134 valence electrons. The average Bonchev–Trinajstić information content (AvgIpc) is 2.67. The van der Waals surface area contributed by atoms with Crippen LogP contribution in [0.2, 0.25) is 0 Å². The topological polar surface area (TPSA) is 43.8 Å². The minimum atomic E-state index is -0.686. The molecule has 0 aliphatic carbocycles. The van der Waals surface area contributed by atoms with E-state index in [1.54, 1.807) is 0 Å². The average molecular weight is 332 g/mol. The molecule has 0 spiro atoms.